The highest BCUT2D eigenvalue weighted by molar-refractivity contribution is 9.10. The molecule has 0 aliphatic heterocycles. The first-order valence-corrected chi connectivity index (χ1v) is 7.85. The molecule has 0 amide bonds. The van der Waals surface area contributed by atoms with Crippen molar-refractivity contribution in [1.29, 1.82) is 0 Å². The molecule has 5 heteroatoms. The molecule has 0 spiro atoms. The molecular weight excluding hydrogens is 382 g/mol. The maximum atomic E-state index is 6.57. The number of halogens is 4. The van der Waals surface area contributed by atoms with Crippen molar-refractivity contribution in [2.45, 2.75) is 12.3 Å². The van der Waals surface area contributed by atoms with Crippen molar-refractivity contribution in [3.05, 3.63) is 61.5 Å². The van der Waals surface area contributed by atoms with E-state index in [9.17, 15) is 0 Å². The van der Waals surface area contributed by atoms with Crippen LogP contribution in [-0.2, 0) is 0 Å². The van der Waals surface area contributed by atoms with Crippen LogP contribution in [0.25, 0.3) is 0 Å². The summed E-state index contributed by atoms with van der Waals surface area (Å²) in [5.74, 6) is 0.724. The minimum atomic E-state index is -0.437. The van der Waals surface area contributed by atoms with E-state index in [0.29, 0.717) is 10.0 Å². The predicted octanol–water partition coefficient (Wildman–Crippen LogP) is 6.40. The summed E-state index contributed by atoms with van der Waals surface area (Å²) in [4.78, 5) is 0. The Morgan fingerprint density at radius 3 is 2.45 bits per heavy atom. The van der Waals surface area contributed by atoms with Crippen LogP contribution in [-0.4, -0.2) is 7.11 Å². The molecule has 2 rings (SSSR count). The fraction of sp³-hybridized carbons (Fsp3) is 0.200. The molecule has 1 nitrogen and oxygen atoms in total. The summed E-state index contributed by atoms with van der Waals surface area (Å²) in [5.41, 5.74) is 2.68. The van der Waals surface area contributed by atoms with Gasteiger partial charge in [0.15, 0.2) is 0 Å². The second-order valence-electron chi connectivity index (χ2n) is 4.37. The highest BCUT2D eigenvalue weighted by Gasteiger charge is 2.20. The van der Waals surface area contributed by atoms with Gasteiger partial charge in [-0.15, -0.1) is 11.6 Å². The van der Waals surface area contributed by atoms with E-state index >= 15 is 0 Å². The Hall–Kier alpha value is -0.410. The Kier molecular flexibility index (Phi) is 5.25. The monoisotopic (exact) mass is 392 g/mol. The van der Waals surface area contributed by atoms with Gasteiger partial charge in [-0.2, -0.15) is 0 Å². The minimum Gasteiger partial charge on any atom is -0.496 e. The van der Waals surface area contributed by atoms with Crippen molar-refractivity contribution in [2.24, 2.45) is 0 Å². The van der Waals surface area contributed by atoms with Gasteiger partial charge in [0.1, 0.15) is 5.75 Å². The Balaban J connectivity index is 2.55. The van der Waals surface area contributed by atoms with Gasteiger partial charge >= 0.3 is 0 Å². The fourth-order valence-corrected chi connectivity index (χ4v) is 3.10. The second kappa shape index (κ2) is 6.57. The lowest BCUT2D eigenvalue weighted by Crippen LogP contribution is -1.99. The second-order valence-corrected chi connectivity index (χ2v) is 6.51. The summed E-state index contributed by atoms with van der Waals surface area (Å²) in [6, 6.07) is 9.13. The van der Waals surface area contributed by atoms with E-state index in [-0.39, 0.29) is 0 Å². The molecule has 1 atom stereocenters. The molecule has 2 aromatic carbocycles. The summed E-state index contributed by atoms with van der Waals surface area (Å²) in [5, 5.41) is 0.737. The molecule has 0 saturated carbocycles. The number of rotatable bonds is 3. The lowest BCUT2D eigenvalue weighted by atomic mass is 10.0. The predicted molar refractivity (Wildman–Crippen MR) is 89.6 cm³/mol. The van der Waals surface area contributed by atoms with Crippen molar-refractivity contribution in [1.82, 2.24) is 0 Å². The molecule has 0 aliphatic rings. The van der Waals surface area contributed by atoms with Gasteiger partial charge in [0.2, 0.25) is 0 Å². The van der Waals surface area contributed by atoms with Crippen molar-refractivity contribution in [3.63, 3.8) is 0 Å². The number of benzene rings is 2. The number of aryl methyl sites for hydroxylation is 1. The minimum absolute atomic E-state index is 0.437. The van der Waals surface area contributed by atoms with Crippen LogP contribution in [0.1, 0.15) is 22.1 Å². The molecule has 1 unspecified atom stereocenters. The zero-order valence-electron chi connectivity index (χ0n) is 10.9. The van der Waals surface area contributed by atoms with Crippen LogP contribution in [0.4, 0.5) is 0 Å². The maximum Gasteiger partial charge on any atom is 0.124 e. The van der Waals surface area contributed by atoms with Gasteiger partial charge in [0, 0.05) is 20.1 Å². The molecule has 2 aromatic rings. The molecule has 0 fully saturated rings. The topological polar surface area (TPSA) is 9.23 Å². The first-order chi connectivity index (χ1) is 9.43. The molecule has 0 radical (unpaired) electrons. The normalized spacial score (nSPS) is 12.3. The van der Waals surface area contributed by atoms with E-state index in [0.717, 1.165) is 26.9 Å². The number of ether oxygens (including phenoxy) is 1. The molecule has 106 valence electrons. The number of hydrogen-bond donors (Lipinski definition) is 0. The fourth-order valence-electron chi connectivity index (χ4n) is 1.92. The smallest absolute Gasteiger partial charge is 0.124 e. The van der Waals surface area contributed by atoms with E-state index < -0.39 is 5.38 Å². The summed E-state index contributed by atoms with van der Waals surface area (Å²) < 4.78 is 6.38. The Morgan fingerprint density at radius 1 is 1.10 bits per heavy atom. The summed E-state index contributed by atoms with van der Waals surface area (Å²) in [6.07, 6.45) is 0. The molecule has 20 heavy (non-hydrogen) atoms. The zero-order chi connectivity index (χ0) is 14.9. The molecular formula is C15H12BrCl3O. The highest BCUT2D eigenvalue weighted by atomic mass is 79.9. The Morgan fingerprint density at radius 2 is 1.80 bits per heavy atom. The SMILES string of the molecule is COc1cc(C)c(Br)cc1C(Cl)c1cc(Cl)ccc1Cl. The van der Waals surface area contributed by atoms with Gasteiger partial charge in [-0.05, 0) is 48.4 Å². The molecule has 0 heterocycles. The third-order valence-electron chi connectivity index (χ3n) is 3.02. The summed E-state index contributed by atoms with van der Waals surface area (Å²) in [6.45, 7) is 1.99. The molecule has 0 aromatic heterocycles. The van der Waals surface area contributed by atoms with Gasteiger partial charge in [-0.1, -0.05) is 39.1 Å². The first kappa shape index (κ1) is 16.0. The number of alkyl halides is 1. The van der Waals surface area contributed by atoms with Crippen LogP contribution in [0, 0.1) is 6.92 Å². The van der Waals surface area contributed by atoms with E-state index in [1.165, 1.54) is 0 Å². The van der Waals surface area contributed by atoms with E-state index in [4.69, 9.17) is 39.5 Å². The third kappa shape index (κ3) is 3.25. The standard InChI is InChI=1S/C15H12BrCl3O/c1-8-5-14(20-2)11(7-12(8)16)15(19)10-6-9(17)3-4-13(10)18/h3-7,15H,1-2H3. The van der Waals surface area contributed by atoms with Gasteiger partial charge in [0.05, 0.1) is 12.5 Å². The highest BCUT2D eigenvalue weighted by Crippen LogP contribution is 2.41. The number of hydrogen-bond acceptors (Lipinski definition) is 1. The van der Waals surface area contributed by atoms with E-state index in [1.807, 2.05) is 19.1 Å². The van der Waals surface area contributed by atoms with Gasteiger partial charge < -0.3 is 4.74 Å². The molecule has 0 bridgehead atoms. The van der Waals surface area contributed by atoms with Crippen LogP contribution < -0.4 is 4.74 Å². The van der Waals surface area contributed by atoms with Crippen LogP contribution in [0.5, 0.6) is 5.75 Å². The van der Waals surface area contributed by atoms with Crippen molar-refractivity contribution < 1.29 is 4.74 Å². The lowest BCUT2D eigenvalue weighted by Gasteiger charge is -2.17. The van der Waals surface area contributed by atoms with Crippen molar-refractivity contribution in [2.75, 3.05) is 7.11 Å². The maximum absolute atomic E-state index is 6.57. The van der Waals surface area contributed by atoms with Gasteiger partial charge in [-0.3, -0.25) is 0 Å². The zero-order valence-corrected chi connectivity index (χ0v) is 14.7. The average Bonchev–Trinajstić information content (AvgIpc) is 2.43. The molecule has 0 N–H and O–H groups in total. The quantitative estimate of drug-likeness (QED) is 0.547. The Bertz CT molecular complexity index is 643. The first-order valence-electron chi connectivity index (χ1n) is 5.87. The van der Waals surface area contributed by atoms with Crippen LogP contribution >= 0.6 is 50.7 Å². The molecule has 0 saturated heterocycles. The largest absolute Gasteiger partial charge is 0.496 e. The third-order valence-corrected chi connectivity index (χ3v) is 4.92. The Labute approximate surface area is 141 Å². The summed E-state index contributed by atoms with van der Waals surface area (Å²) >= 11 is 22.3. The van der Waals surface area contributed by atoms with Crippen molar-refractivity contribution >= 4 is 50.7 Å². The van der Waals surface area contributed by atoms with Crippen LogP contribution in [0.15, 0.2) is 34.8 Å². The van der Waals surface area contributed by atoms with E-state index in [2.05, 4.69) is 15.9 Å². The average molecular weight is 395 g/mol. The summed E-state index contributed by atoms with van der Waals surface area (Å²) in [7, 11) is 1.62. The van der Waals surface area contributed by atoms with E-state index in [1.54, 1.807) is 25.3 Å². The van der Waals surface area contributed by atoms with Crippen LogP contribution in [0.2, 0.25) is 10.0 Å². The van der Waals surface area contributed by atoms with Gasteiger partial charge in [-0.25, -0.2) is 0 Å². The van der Waals surface area contributed by atoms with Crippen molar-refractivity contribution in [3.8, 4) is 5.75 Å². The molecule has 0 aliphatic carbocycles. The number of methoxy groups -OCH3 is 1. The lowest BCUT2D eigenvalue weighted by molar-refractivity contribution is 0.409. The van der Waals surface area contributed by atoms with Gasteiger partial charge in [0.25, 0.3) is 0 Å². The van der Waals surface area contributed by atoms with Crippen LogP contribution in [0.3, 0.4) is 0 Å².